The van der Waals surface area contributed by atoms with Crippen LogP contribution in [-0.2, 0) is 10.1 Å². The highest BCUT2D eigenvalue weighted by Gasteiger charge is 2.22. The normalized spacial score (nSPS) is 11.2. The van der Waals surface area contributed by atoms with Gasteiger partial charge in [0, 0.05) is 11.1 Å². The average Bonchev–Trinajstić information content (AvgIpc) is 2.42. The Hall–Kier alpha value is -1.83. The molecule has 22 heavy (non-hydrogen) atoms. The Bertz CT molecular complexity index is 852. The summed E-state index contributed by atoms with van der Waals surface area (Å²) >= 11 is 11.5. The minimum atomic E-state index is -4.22. The molecule has 0 unspecified atom stereocenters. The summed E-state index contributed by atoms with van der Waals surface area (Å²) in [6, 6.07) is 7.43. The van der Waals surface area contributed by atoms with E-state index in [1.807, 2.05) is 0 Å². The lowest BCUT2D eigenvalue weighted by molar-refractivity contribution is -0.384. The fourth-order valence-electron chi connectivity index (χ4n) is 1.63. The Morgan fingerprint density at radius 2 is 1.73 bits per heavy atom. The molecule has 9 heteroatoms. The van der Waals surface area contributed by atoms with Gasteiger partial charge in [-0.2, -0.15) is 8.42 Å². The van der Waals surface area contributed by atoms with Crippen molar-refractivity contribution in [2.75, 3.05) is 0 Å². The first-order valence-electron chi connectivity index (χ1n) is 5.85. The first kappa shape index (κ1) is 16.5. The van der Waals surface area contributed by atoms with Crippen LogP contribution in [0.3, 0.4) is 0 Å². The fraction of sp³-hybridized carbons (Fsp3) is 0.0769. The van der Waals surface area contributed by atoms with E-state index in [0.29, 0.717) is 10.6 Å². The van der Waals surface area contributed by atoms with Gasteiger partial charge in [0.25, 0.3) is 5.69 Å². The molecule has 2 rings (SSSR count). The molecule has 0 N–H and O–H groups in total. The zero-order chi connectivity index (χ0) is 16.5. The molecule has 0 amide bonds. The maximum Gasteiger partial charge on any atom is 0.339 e. The smallest absolute Gasteiger partial charge is 0.339 e. The van der Waals surface area contributed by atoms with Gasteiger partial charge in [-0.05, 0) is 42.8 Å². The van der Waals surface area contributed by atoms with E-state index >= 15 is 0 Å². The van der Waals surface area contributed by atoms with Crippen molar-refractivity contribution in [1.82, 2.24) is 0 Å². The number of nitro groups is 1. The van der Waals surface area contributed by atoms with E-state index in [-0.39, 0.29) is 15.7 Å². The number of benzene rings is 2. The number of hydrogen-bond acceptors (Lipinski definition) is 5. The summed E-state index contributed by atoms with van der Waals surface area (Å²) in [5, 5.41) is 11.1. The van der Waals surface area contributed by atoms with Gasteiger partial charge < -0.3 is 4.18 Å². The van der Waals surface area contributed by atoms with Gasteiger partial charge in [0.1, 0.15) is 15.7 Å². The minimum absolute atomic E-state index is 0.0551. The maximum absolute atomic E-state index is 12.2. The highest BCUT2D eigenvalue weighted by molar-refractivity contribution is 7.87. The SMILES string of the molecule is Cc1cc(OS(=O)(=O)c2ccc(Cl)c([N+](=O)[O-])c2)ccc1Cl. The first-order valence-corrected chi connectivity index (χ1v) is 8.02. The minimum Gasteiger partial charge on any atom is -0.379 e. The van der Waals surface area contributed by atoms with Gasteiger partial charge in [-0.1, -0.05) is 23.2 Å². The number of aryl methyl sites for hydroxylation is 1. The standard InChI is InChI=1S/C13H9Cl2NO5S/c1-8-6-9(2-4-11(8)14)21-22(19,20)10-3-5-12(15)13(7-10)16(17)18/h2-7H,1H3. The third-order valence-electron chi connectivity index (χ3n) is 2.74. The number of rotatable bonds is 4. The molecule has 6 nitrogen and oxygen atoms in total. The van der Waals surface area contributed by atoms with Gasteiger partial charge in [0.05, 0.1) is 4.92 Å². The third-order valence-corrected chi connectivity index (χ3v) is 4.73. The van der Waals surface area contributed by atoms with Gasteiger partial charge in [-0.3, -0.25) is 10.1 Å². The fourth-order valence-corrected chi connectivity index (χ4v) is 2.88. The van der Waals surface area contributed by atoms with Crippen LogP contribution in [0.15, 0.2) is 41.3 Å². The molecule has 116 valence electrons. The largest absolute Gasteiger partial charge is 0.379 e. The predicted octanol–water partition coefficient (Wildman–Crippen LogP) is 3.98. The van der Waals surface area contributed by atoms with Gasteiger partial charge >= 0.3 is 10.1 Å². The van der Waals surface area contributed by atoms with Crippen LogP contribution >= 0.6 is 23.2 Å². The highest BCUT2D eigenvalue weighted by atomic mass is 35.5. The monoisotopic (exact) mass is 361 g/mol. The van der Waals surface area contributed by atoms with E-state index in [1.54, 1.807) is 6.92 Å². The molecular weight excluding hydrogens is 353 g/mol. The summed E-state index contributed by atoms with van der Waals surface area (Å²) in [4.78, 5) is 9.68. The van der Waals surface area contributed by atoms with Gasteiger partial charge in [0.15, 0.2) is 0 Å². The average molecular weight is 362 g/mol. The van der Waals surface area contributed by atoms with Crippen molar-refractivity contribution in [3.05, 3.63) is 62.1 Å². The number of halogens is 2. The van der Waals surface area contributed by atoms with E-state index in [9.17, 15) is 18.5 Å². The number of nitrogens with zero attached hydrogens (tertiary/aromatic N) is 1. The molecule has 2 aromatic carbocycles. The van der Waals surface area contributed by atoms with Crippen molar-refractivity contribution in [3.8, 4) is 5.75 Å². The predicted molar refractivity (Wildman–Crippen MR) is 82.1 cm³/mol. The van der Waals surface area contributed by atoms with Crippen LogP contribution in [0.1, 0.15) is 5.56 Å². The van der Waals surface area contributed by atoms with Gasteiger partial charge in [-0.15, -0.1) is 0 Å². The first-order chi connectivity index (χ1) is 10.2. The Labute approximate surface area is 136 Å². The molecule has 0 saturated heterocycles. The zero-order valence-corrected chi connectivity index (χ0v) is 13.4. The van der Waals surface area contributed by atoms with Crippen LogP contribution in [0, 0.1) is 17.0 Å². The van der Waals surface area contributed by atoms with Gasteiger partial charge in [0.2, 0.25) is 0 Å². The molecule has 0 spiro atoms. The van der Waals surface area contributed by atoms with Gasteiger partial charge in [-0.25, -0.2) is 0 Å². The van der Waals surface area contributed by atoms with E-state index in [0.717, 1.165) is 18.2 Å². The van der Waals surface area contributed by atoms with E-state index in [4.69, 9.17) is 27.4 Å². The summed E-state index contributed by atoms with van der Waals surface area (Å²) < 4.78 is 29.3. The molecule has 0 aromatic heterocycles. The van der Waals surface area contributed by atoms with Crippen molar-refractivity contribution in [2.24, 2.45) is 0 Å². The lowest BCUT2D eigenvalue weighted by Gasteiger charge is -2.08. The molecule has 0 saturated carbocycles. The number of nitro benzene ring substituents is 1. The Morgan fingerprint density at radius 3 is 2.32 bits per heavy atom. The van der Waals surface area contributed by atoms with Crippen molar-refractivity contribution in [2.45, 2.75) is 11.8 Å². The zero-order valence-electron chi connectivity index (χ0n) is 11.1. The van der Waals surface area contributed by atoms with Crippen molar-refractivity contribution in [1.29, 1.82) is 0 Å². The van der Waals surface area contributed by atoms with Crippen LogP contribution in [-0.4, -0.2) is 13.3 Å². The second-order valence-corrected chi connectivity index (χ2v) is 6.68. The van der Waals surface area contributed by atoms with Crippen molar-refractivity contribution < 1.29 is 17.5 Å². The summed E-state index contributed by atoms with van der Waals surface area (Å²) in [6.45, 7) is 1.69. The molecular formula is C13H9Cl2NO5S. The molecule has 0 radical (unpaired) electrons. The molecule has 0 aliphatic rings. The van der Waals surface area contributed by atoms with Crippen LogP contribution < -0.4 is 4.18 Å². The Balaban J connectivity index is 2.40. The molecule has 0 aliphatic heterocycles. The highest BCUT2D eigenvalue weighted by Crippen LogP contribution is 2.29. The summed E-state index contributed by atoms with van der Waals surface area (Å²) in [5.74, 6) is 0.0551. The van der Waals surface area contributed by atoms with E-state index in [2.05, 4.69) is 0 Å². The van der Waals surface area contributed by atoms with Crippen LogP contribution in [0.4, 0.5) is 5.69 Å². The molecule has 0 fully saturated rings. The summed E-state index contributed by atoms with van der Waals surface area (Å²) in [5.41, 5.74) is 0.120. The third kappa shape index (κ3) is 3.49. The second kappa shape index (κ2) is 6.12. The topological polar surface area (TPSA) is 86.5 Å². The molecule has 0 atom stereocenters. The lowest BCUT2D eigenvalue weighted by Crippen LogP contribution is -2.10. The van der Waals surface area contributed by atoms with E-state index in [1.165, 1.54) is 18.2 Å². The molecule has 0 aliphatic carbocycles. The Kier molecular flexibility index (Phi) is 4.60. The second-order valence-electron chi connectivity index (χ2n) is 4.32. The van der Waals surface area contributed by atoms with Crippen LogP contribution in [0.5, 0.6) is 5.75 Å². The maximum atomic E-state index is 12.2. The Morgan fingerprint density at radius 1 is 1.09 bits per heavy atom. The molecule has 0 bridgehead atoms. The molecule has 2 aromatic rings. The van der Waals surface area contributed by atoms with Crippen LogP contribution in [0.2, 0.25) is 10.0 Å². The summed E-state index contributed by atoms with van der Waals surface area (Å²) in [6.07, 6.45) is 0. The lowest BCUT2D eigenvalue weighted by atomic mass is 10.2. The quantitative estimate of drug-likeness (QED) is 0.467. The summed E-state index contributed by atoms with van der Waals surface area (Å²) in [7, 11) is -4.22. The molecule has 0 heterocycles. The number of hydrogen-bond donors (Lipinski definition) is 0. The van der Waals surface area contributed by atoms with Crippen molar-refractivity contribution >= 4 is 39.0 Å². The van der Waals surface area contributed by atoms with E-state index < -0.39 is 20.7 Å². The van der Waals surface area contributed by atoms with Crippen LogP contribution in [0.25, 0.3) is 0 Å². The van der Waals surface area contributed by atoms with Crippen molar-refractivity contribution in [3.63, 3.8) is 0 Å².